The van der Waals surface area contributed by atoms with E-state index in [0.717, 1.165) is 35.3 Å². The third kappa shape index (κ3) is 2.99. The quantitative estimate of drug-likeness (QED) is 0.897. The Balaban J connectivity index is 1.74. The molecule has 0 radical (unpaired) electrons. The summed E-state index contributed by atoms with van der Waals surface area (Å²) in [5, 5.41) is 4.38. The van der Waals surface area contributed by atoms with Gasteiger partial charge in [-0.2, -0.15) is 0 Å². The number of nitrogens with one attached hydrogen (secondary N) is 1. The number of fused-ring (bicyclic) bond motifs is 1. The van der Waals surface area contributed by atoms with E-state index in [9.17, 15) is 0 Å². The van der Waals surface area contributed by atoms with Crippen molar-refractivity contribution >= 4 is 23.4 Å². The van der Waals surface area contributed by atoms with Crippen LogP contribution in [0.2, 0.25) is 5.02 Å². The van der Waals surface area contributed by atoms with Gasteiger partial charge in [0.15, 0.2) is 0 Å². The summed E-state index contributed by atoms with van der Waals surface area (Å²) >= 11 is 8.01. The van der Waals surface area contributed by atoms with Crippen LogP contribution in [0.3, 0.4) is 0 Å². The summed E-state index contributed by atoms with van der Waals surface area (Å²) in [6, 6.07) is 10.5. The highest BCUT2D eigenvalue weighted by molar-refractivity contribution is 7.99. The lowest BCUT2D eigenvalue weighted by Crippen LogP contribution is -2.24. The predicted octanol–water partition coefficient (Wildman–Crippen LogP) is 4.57. The molecule has 0 saturated heterocycles. The van der Waals surface area contributed by atoms with Crippen LogP contribution in [0.4, 0.5) is 0 Å². The summed E-state index contributed by atoms with van der Waals surface area (Å²) in [4.78, 5) is 1.34. The Morgan fingerprint density at radius 2 is 2.26 bits per heavy atom. The van der Waals surface area contributed by atoms with Crippen LogP contribution in [0.5, 0.6) is 0 Å². The van der Waals surface area contributed by atoms with Crippen LogP contribution < -0.4 is 5.32 Å². The molecule has 2 nitrogen and oxygen atoms in total. The van der Waals surface area contributed by atoms with Crippen molar-refractivity contribution in [2.75, 3.05) is 5.75 Å². The number of thioether (sulfide) groups is 1. The van der Waals surface area contributed by atoms with Crippen LogP contribution in [0.25, 0.3) is 0 Å². The fourth-order valence-electron chi connectivity index (χ4n) is 2.38. The topological polar surface area (TPSA) is 25.2 Å². The van der Waals surface area contributed by atoms with Crippen molar-refractivity contribution in [1.29, 1.82) is 0 Å². The van der Waals surface area contributed by atoms with E-state index in [0.29, 0.717) is 6.04 Å². The van der Waals surface area contributed by atoms with E-state index < -0.39 is 0 Å². The Kier molecular flexibility index (Phi) is 3.87. The molecule has 19 heavy (non-hydrogen) atoms. The highest BCUT2D eigenvalue weighted by Gasteiger charge is 2.20. The van der Waals surface area contributed by atoms with Crippen LogP contribution in [0.1, 0.15) is 29.5 Å². The zero-order valence-electron chi connectivity index (χ0n) is 10.8. The first kappa shape index (κ1) is 13.1. The summed E-state index contributed by atoms with van der Waals surface area (Å²) in [5.74, 6) is 3.09. The minimum atomic E-state index is 0.361. The molecule has 4 heteroatoms. The molecule has 0 spiro atoms. The number of benzene rings is 1. The first-order valence-electron chi connectivity index (χ1n) is 6.43. The van der Waals surface area contributed by atoms with E-state index in [2.05, 4.69) is 17.4 Å². The first-order chi connectivity index (χ1) is 9.22. The number of rotatable bonds is 3. The van der Waals surface area contributed by atoms with Crippen LogP contribution in [0, 0.1) is 6.92 Å². The van der Waals surface area contributed by atoms with Crippen LogP contribution >= 0.6 is 23.4 Å². The van der Waals surface area contributed by atoms with Gasteiger partial charge in [0, 0.05) is 16.0 Å². The Bertz CT molecular complexity index is 581. The second-order valence-electron chi connectivity index (χ2n) is 4.77. The molecule has 1 N–H and O–H groups in total. The highest BCUT2D eigenvalue weighted by Crippen LogP contribution is 2.37. The van der Waals surface area contributed by atoms with E-state index >= 15 is 0 Å². The Morgan fingerprint density at radius 1 is 1.37 bits per heavy atom. The van der Waals surface area contributed by atoms with Crippen LogP contribution in [-0.4, -0.2) is 5.75 Å². The normalized spacial score (nSPS) is 18.3. The second-order valence-corrected chi connectivity index (χ2v) is 6.34. The Hall–Kier alpha value is -0.900. The predicted molar refractivity (Wildman–Crippen MR) is 79.8 cm³/mol. The van der Waals surface area contributed by atoms with Crippen molar-refractivity contribution in [3.05, 3.63) is 52.4 Å². The highest BCUT2D eigenvalue weighted by atomic mass is 35.5. The summed E-state index contributed by atoms with van der Waals surface area (Å²) in [6.07, 6.45) is 1.12. The van der Waals surface area contributed by atoms with Gasteiger partial charge < -0.3 is 9.73 Å². The van der Waals surface area contributed by atoms with Crippen molar-refractivity contribution < 1.29 is 4.42 Å². The molecule has 0 saturated carbocycles. The number of hydrogen-bond acceptors (Lipinski definition) is 3. The number of aryl methyl sites for hydroxylation is 1. The lowest BCUT2D eigenvalue weighted by Gasteiger charge is -2.26. The van der Waals surface area contributed by atoms with Crippen molar-refractivity contribution in [2.45, 2.75) is 30.8 Å². The van der Waals surface area contributed by atoms with Gasteiger partial charge in [-0.15, -0.1) is 11.8 Å². The molecule has 0 bridgehead atoms. The maximum Gasteiger partial charge on any atom is 0.117 e. The van der Waals surface area contributed by atoms with Crippen molar-refractivity contribution in [1.82, 2.24) is 5.32 Å². The summed E-state index contributed by atoms with van der Waals surface area (Å²) in [5.41, 5.74) is 1.31. The minimum Gasteiger partial charge on any atom is -0.465 e. The smallest absolute Gasteiger partial charge is 0.117 e. The number of halogens is 1. The molecule has 0 fully saturated rings. The number of furan rings is 1. The van der Waals surface area contributed by atoms with Gasteiger partial charge in [0.1, 0.15) is 11.5 Å². The van der Waals surface area contributed by atoms with Crippen molar-refractivity contribution in [3.63, 3.8) is 0 Å². The molecule has 1 aliphatic rings. The molecule has 0 aliphatic carbocycles. The minimum absolute atomic E-state index is 0.361. The van der Waals surface area contributed by atoms with E-state index in [4.69, 9.17) is 16.0 Å². The number of hydrogen-bond donors (Lipinski definition) is 1. The molecular formula is C15H16ClNOS. The third-order valence-electron chi connectivity index (χ3n) is 3.33. The SMILES string of the molecule is Cc1ccc(CNC2CCSc3ccc(Cl)cc32)o1. The van der Waals surface area contributed by atoms with Crippen molar-refractivity contribution in [2.24, 2.45) is 0 Å². The molecule has 1 unspecified atom stereocenters. The van der Waals surface area contributed by atoms with E-state index in [1.165, 1.54) is 10.5 Å². The van der Waals surface area contributed by atoms with Crippen molar-refractivity contribution in [3.8, 4) is 0 Å². The zero-order valence-corrected chi connectivity index (χ0v) is 12.4. The molecular weight excluding hydrogens is 278 g/mol. The van der Waals surface area contributed by atoms with Crippen LogP contribution in [-0.2, 0) is 6.54 Å². The zero-order chi connectivity index (χ0) is 13.2. The van der Waals surface area contributed by atoms with E-state index in [-0.39, 0.29) is 0 Å². The maximum atomic E-state index is 6.11. The molecule has 1 aromatic heterocycles. The molecule has 1 atom stereocenters. The lowest BCUT2D eigenvalue weighted by molar-refractivity contribution is 0.428. The summed E-state index contributed by atoms with van der Waals surface area (Å²) in [7, 11) is 0. The van der Waals surface area contributed by atoms with Gasteiger partial charge in [0.05, 0.1) is 6.54 Å². The fraction of sp³-hybridized carbons (Fsp3) is 0.333. The molecule has 0 amide bonds. The molecule has 100 valence electrons. The van der Waals surface area contributed by atoms with Gasteiger partial charge in [-0.25, -0.2) is 0 Å². The summed E-state index contributed by atoms with van der Waals surface area (Å²) < 4.78 is 5.59. The van der Waals surface area contributed by atoms with Gasteiger partial charge in [-0.05, 0) is 55.0 Å². The Morgan fingerprint density at radius 3 is 3.05 bits per heavy atom. The summed E-state index contributed by atoms with van der Waals surface area (Å²) in [6.45, 7) is 2.73. The van der Waals surface area contributed by atoms with E-state index in [1.54, 1.807) is 0 Å². The van der Waals surface area contributed by atoms with E-state index in [1.807, 2.05) is 36.9 Å². The van der Waals surface area contributed by atoms with Gasteiger partial charge in [-0.3, -0.25) is 0 Å². The molecule has 1 aromatic carbocycles. The molecule has 2 heterocycles. The second kappa shape index (κ2) is 5.61. The van der Waals surface area contributed by atoms with Gasteiger partial charge >= 0.3 is 0 Å². The average Bonchev–Trinajstić information content (AvgIpc) is 2.82. The largest absolute Gasteiger partial charge is 0.465 e. The van der Waals surface area contributed by atoms with Crippen LogP contribution in [0.15, 0.2) is 39.6 Å². The standard InChI is InChI=1S/C15H16ClNOS/c1-10-2-4-12(18-10)9-17-14-6-7-19-15-5-3-11(16)8-13(14)15/h2-5,8,14,17H,6-7,9H2,1H3. The first-order valence-corrected chi connectivity index (χ1v) is 7.80. The molecule has 3 rings (SSSR count). The fourth-order valence-corrected chi connectivity index (χ4v) is 3.67. The Labute approximate surface area is 122 Å². The van der Waals surface area contributed by atoms with Gasteiger partial charge in [0.2, 0.25) is 0 Å². The van der Waals surface area contributed by atoms with Gasteiger partial charge in [0.25, 0.3) is 0 Å². The third-order valence-corrected chi connectivity index (χ3v) is 4.69. The maximum absolute atomic E-state index is 6.11. The monoisotopic (exact) mass is 293 g/mol. The lowest BCUT2D eigenvalue weighted by atomic mass is 10.0. The van der Waals surface area contributed by atoms with Gasteiger partial charge in [-0.1, -0.05) is 11.6 Å². The molecule has 1 aliphatic heterocycles. The average molecular weight is 294 g/mol. The molecule has 2 aromatic rings.